The Labute approximate surface area is 176 Å². The maximum absolute atomic E-state index is 13.0. The van der Waals surface area contributed by atoms with Gasteiger partial charge in [-0.05, 0) is 61.7 Å². The largest absolute Gasteiger partial charge is 0.497 e. The zero-order valence-corrected chi connectivity index (χ0v) is 17.7. The van der Waals surface area contributed by atoms with Gasteiger partial charge >= 0.3 is 11.8 Å². The normalized spacial score (nSPS) is 16.8. The van der Waals surface area contributed by atoms with Crippen molar-refractivity contribution in [2.45, 2.75) is 30.7 Å². The molecule has 2 N–H and O–H groups in total. The number of rotatable bonds is 6. The van der Waals surface area contributed by atoms with Crippen LogP contribution in [0, 0.1) is 6.92 Å². The van der Waals surface area contributed by atoms with Gasteiger partial charge in [-0.15, -0.1) is 0 Å². The Bertz CT molecular complexity index is 1020. The molecule has 0 spiro atoms. The zero-order valence-electron chi connectivity index (χ0n) is 16.9. The fraction of sp³-hybridized carbons (Fsp3) is 0.333. The van der Waals surface area contributed by atoms with Gasteiger partial charge in [-0.3, -0.25) is 9.59 Å². The number of hydrogen-bond acceptors (Lipinski definition) is 5. The van der Waals surface area contributed by atoms with Crippen LogP contribution in [0.15, 0.2) is 53.4 Å². The van der Waals surface area contributed by atoms with Crippen molar-refractivity contribution in [2.75, 3.05) is 25.5 Å². The quantitative estimate of drug-likeness (QED) is 0.680. The lowest BCUT2D eigenvalue weighted by Crippen LogP contribution is -2.45. The molecule has 0 bridgehead atoms. The highest BCUT2D eigenvalue weighted by atomic mass is 32.2. The second kappa shape index (κ2) is 9.27. The monoisotopic (exact) mass is 431 g/mol. The molecular formula is C21H25N3O5S. The highest BCUT2D eigenvalue weighted by Gasteiger charge is 2.35. The molecule has 0 saturated carbocycles. The molecule has 9 heteroatoms. The molecule has 1 atom stereocenters. The van der Waals surface area contributed by atoms with E-state index in [1.54, 1.807) is 30.3 Å². The summed E-state index contributed by atoms with van der Waals surface area (Å²) >= 11 is 0. The number of benzene rings is 2. The number of aryl methyl sites for hydroxylation is 1. The van der Waals surface area contributed by atoms with Crippen molar-refractivity contribution in [3.63, 3.8) is 0 Å². The smallest absolute Gasteiger partial charge is 0.313 e. The summed E-state index contributed by atoms with van der Waals surface area (Å²) in [5.74, 6) is -1.02. The van der Waals surface area contributed by atoms with Crippen molar-refractivity contribution >= 4 is 27.5 Å². The van der Waals surface area contributed by atoms with E-state index in [-0.39, 0.29) is 11.4 Å². The molecule has 3 rings (SSSR count). The van der Waals surface area contributed by atoms with Crippen molar-refractivity contribution in [3.8, 4) is 5.75 Å². The first-order chi connectivity index (χ1) is 14.3. The summed E-state index contributed by atoms with van der Waals surface area (Å²) in [6.07, 6.45) is 1.29. The predicted octanol–water partition coefficient (Wildman–Crippen LogP) is 1.91. The zero-order chi connectivity index (χ0) is 21.7. The van der Waals surface area contributed by atoms with E-state index in [2.05, 4.69) is 10.6 Å². The second-order valence-corrected chi connectivity index (χ2v) is 9.01. The molecule has 1 heterocycles. The molecule has 1 saturated heterocycles. The molecule has 1 aliphatic heterocycles. The van der Waals surface area contributed by atoms with Gasteiger partial charge in [0, 0.05) is 24.8 Å². The Morgan fingerprint density at radius 2 is 1.87 bits per heavy atom. The van der Waals surface area contributed by atoms with Gasteiger partial charge in [-0.1, -0.05) is 12.1 Å². The first-order valence-electron chi connectivity index (χ1n) is 9.63. The summed E-state index contributed by atoms with van der Waals surface area (Å²) < 4.78 is 32.4. The van der Waals surface area contributed by atoms with Crippen molar-refractivity contribution in [2.24, 2.45) is 0 Å². The van der Waals surface area contributed by atoms with Gasteiger partial charge in [-0.2, -0.15) is 4.31 Å². The summed E-state index contributed by atoms with van der Waals surface area (Å²) in [6, 6.07) is 12.9. The van der Waals surface area contributed by atoms with Crippen LogP contribution in [0.25, 0.3) is 0 Å². The molecular weight excluding hydrogens is 406 g/mol. The minimum atomic E-state index is -3.71. The molecule has 2 aromatic rings. The van der Waals surface area contributed by atoms with Crippen molar-refractivity contribution in [1.29, 1.82) is 0 Å². The van der Waals surface area contributed by atoms with E-state index < -0.39 is 27.9 Å². The fourth-order valence-electron chi connectivity index (χ4n) is 3.41. The first-order valence-corrected chi connectivity index (χ1v) is 11.1. The highest BCUT2D eigenvalue weighted by molar-refractivity contribution is 7.89. The molecule has 2 aromatic carbocycles. The third-order valence-corrected chi connectivity index (χ3v) is 6.94. The number of ether oxygens (including phenoxy) is 1. The molecule has 0 aliphatic carbocycles. The van der Waals surface area contributed by atoms with Crippen molar-refractivity contribution < 1.29 is 22.7 Å². The van der Waals surface area contributed by atoms with Crippen LogP contribution < -0.4 is 15.4 Å². The minimum absolute atomic E-state index is 0.0649. The molecule has 160 valence electrons. The van der Waals surface area contributed by atoms with Gasteiger partial charge in [0.05, 0.1) is 12.0 Å². The average Bonchev–Trinajstić information content (AvgIpc) is 3.21. The molecule has 0 aromatic heterocycles. The van der Waals surface area contributed by atoms with Crippen LogP contribution in [0.1, 0.15) is 18.4 Å². The molecule has 2 amide bonds. The number of nitrogens with one attached hydrogen (secondary N) is 2. The van der Waals surface area contributed by atoms with Gasteiger partial charge < -0.3 is 15.4 Å². The van der Waals surface area contributed by atoms with Crippen molar-refractivity contribution in [1.82, 2.24) is 9.62 Å². The number of carbonyl (C=O) groups excluding carboxylic acids is 2. The van der Waals surface area contributed by atoms with E-state index in [4.69, 9.17) is 4.74 Å². The number of methoxy groups -OCH3 is 1. The van der Waals surface area contributed by atoms with Crippen LogP contribution in [0.2, 0.25) is 0 Å². The van der Waals surface area contributed by atoms with Gasteiger partial charge in [-0.25, -0.2) is 8.42 Å². The van der Waals surface area contributed by atoms with Gasteiger partial charge in [0.15, 0.2) is 0 Å². The van der Waals surface area contributed by atoms with E-state index in [0.29, 0.717) is 30.8 Å². The Morgan fingerprint density at radius 3 is 2.53 bits per heavy atom. The van der Waals surface area contributed by atoms with Crippen LogP contribution in [-0.2, 0) is 19.6 Å². The average molecular weight is 432 g/mol. The van der Waals surface area contributed by atoms with E-state index in [9.17, 15) is 18.0 Å². The molecule has 1 aliphatic rings. The van der Waals surface area contributed by atoms with Crippen LogP contribution in [0.3, 0.4) is 0 Å². The molecule has 1 fully saturated rings. The summed E-state index contributed by atoms with van der Waals surface area (Å²) in [5, 5.41) is 5.10. The van der Waals surface area contributed by atoms with E-state index >= 15 is 0 Å². The summed E-state index contributed by atoms with van der Waals surface area (Å²) in [4.78, 5) is 24.5. The number of amides is 2. The lowest BCUT2D eigenvalue weighted by atomic mass is 10.2. The lowest BCUT2D eigenvalue weighted by Gasteiger charge is -2.24. The summed E-state index contributed by atoms with van der Waals surface area (Å²) in [6.45, 7) is 2.31. The number of carbonyl (C=O) groups is 2. The predicted molar refractivity (Wildman–Crippen MR) is 113 cm³/mol. The lowest BCUT2D eigenvalue weighted by molar-refractivity contribution is -0.136. The molecule has 30 heavy (non-hydrogen) atoms. The van der Waals surface area contributed by atoms with Crippen molar-refractivity contribution in [3.05, 3.63) is 54.1 Å². The first kappa shape index (κ1) is 21.8. The Morgan fingerprint density at radius 1 is 1.13 bits per heavy atom. The second-order valence-electron chi connectivity index (χ2n) is 7.12. The van der Waals surface area contributed by atoms with Crippen LogP contribution >= 0.6 is 0 Å². The van der Waals surface area contributed by atoms with E-state index in [0.717, 1.165) is 5.56 Å². The third kappa shape index (κ3) is 4.98. The molecule has 0 radical (unpaired) electrons. The number of hydrogen-bond donors (Lipinski definition) is 2. The molecule has 8 nitrogen and oxygen atoms in total. The van der Waals surface area contributed by atoms with E-state index in [1.807, 2.05) is 13.0 Å². The van der Waals surface area contributed by atoms with Crippen LogP contribution in [0.5, 0.6) is 5.75 Å². The number of anilines is 1. The number of nitrogens with zero attached hydrogens (tertiary/aromatic N) is 1. The Kier molecular flexibility index (Phi) is 6.73. The SMILES string of the molecule is COc1ccc(S(=O)(=O)N2CCC[C@H]2CNC(=O)C(=O)Nc2cccc(C)c2)cc1. The third-order valence-electron chi connectivity index (χ3n) is 4.97. The fourth-order valence-corrected chi connectivity index (χ4v) is 5.11. The van der Waals surface area contributed by atoms with E-state index in [1.165, 1.54) is 23.5 Å². The van der Waals surface area contributed by atoms with Gasteiger partial charge in [0.2, 0.25) is 10.0 Å². The van der Waals surface area contributed by atoms with Gasteiger partial charge in [0.1, 0.15) is 5.75 Å². The van der Waals surface area contributed by atoms with Crippen LogP contribution in [0.4, 0.5) is 5.69 Å². The van der Waals surface area contributed by atoms with Gasteiger partial charge in [0.25, 0.3) is 0 Å². The molecule has 0 unspecified atom stereocenters. The maximum atomic E-state index is 13.0. The Balaban J connectivity index is 1.61. The highest BCUT2D eigenvalue weighted by Crippen LogP contribution is 2.26. The van der Waals surface area contributed by atoms with Crippen LogP contribution in [-0.4, -0.2) is 50.8 Å². The maximum Gasteiger partial charge on any atom is 0.313 e. The summed E-state index contributed by atoms with van der Waals surface area (Å²) in [5.41, 5.74) is 1.48. The minimum Gasteiger partial charge on any atom is -0.497 e. The summed E-state index contributed by atoms with van der Waals surface area (Å²) in [7, 11) is -2.20. The standard InChI is InChI=1S/C21H25N3O5S/c1-15-5-3-6-16(13-15)23-21(26)20(25)22-14-17-7-4-12-24(17)30(27,28)19-10-8-18(29-2)9-11-19/h3,5-6,8-11,13,17H,4,7,12,14H2,1-2H3,(H,22,25)(H,23,26)/t17-/m0/s1. The topological polar surface area (TPSA) is 105 Å². The Hall–Kier alpha value is -2.91. The number of sulfonamides is 1.